The molecule has 1 rings (SSSR count). The van der Waals surface area contributed by atoms with Crippen LogP contribution in [0.25, 0.3) is 0 Å². The largest absolute Gasteiger partial charge is 0.377 e. The summed E-state index contributed by atoms with van der Waals surface area (Å²) >= 11 is 0. The third-order valence-corrected chi connectivity index (χ3v) is 3.70. The van der Waals surface area contributed by atoms with Crippen LogP contribution < -0.4 is 5.32 Å². The van der Waals surface area contributed by atoms with Gasteiger partial charge in [0.2, 0.25) is 0 Å². The average molecular weight is 228 g/mol. The summed E-state index contributed by atoms with van der Waals surface area (Å²) in [6.07, 6.45) is 4.11. The van der Waals surface area contributed by atoms with Crippen molar-refractivity contribution in [2.45, 2.75) is 58.2 Å². The van der Waals surface area contributed by atoms with Crippen molar-refractivity contribution in [2.75, 3.05) is 26.7 Å². The van der Waals surface area contributed by atoms with E-state index in [2.05, 4.69) is 38.0 Å². The van der Waals surface area contributed by atoms with Gasteiger partial charge in [-0.05, 0) is 39.8 Å². The quantitative estimate of drug-likeness (QED) is 0.720. The Hall–Kier alpha value is -0.120. The van der Waals surface area contributed by atoms with Crippen LogP contribution in [0.2, 0.25) is 0 Å². The van der Waals surface area contributed by atoms with E-state index in [1.54, 1.807) is 0 Å². The van der Waals surface area contributed by atoms with Gasteiger partial charge in [-0.2, -0.15) is 0 Å². The Kier molecular flexibility index (Phi) is 6.32. The summed E-state index contributed by atoms with van der Waals surface area (Å²) in [5, 5.41) is 3.56. The molecule has 3 nitrogen and oxygen atoms in total. The van der Waals surface area contributed by atoms with Crippen molar-refractivity contribution >= 4 is 0 Å². The lowest BCUT2D eigenvalue weighted by molar-refractivity contribution is 0.0638. The molecule has 3 atom stereocenters. The summed E-state index contributed by atoms with van der Waals surface area (Å²) in [4.78, 5) is 2.44. The molecule has 0 aromatic rings. The van der Waals surface area contributed by atoms with Gasteiger partial charge in [-0.15, -0.1) is 0 Å². The van der Waals surface area contributed by atoms with E-state index in [-0.39, 0.29) is 0 Å². The topological polar surface area (TPSA) is 24.5 Å². The first-order valence-corrected chi connectivity index (χ1v) is 6.74. The predicted molar refractivity (Wildman–Crippen MR) is 68.8 cm³/mol. The summed E-state index contributed by atoms with van der Waals surface area (Å²) in [6, 6.07) is 1.17. The van der Waals surface area contributed by atoms with Crippen LogP contribution in [0.4, 0.5) is 0 Å². The van der Waals surface area contributed by atoms with Gasteiger partial charge in [-0.25, -0.2) is 0 Å². The molecule has 16 heavy (non-hydrogen) atoms. The van der Waals surface area contributed by atoms with Crippen LogP contribution in [0.3, 0.4) is 0 Å². The molecule has 1 fully saturated rings. The van der Waals surface area contributed by atoms with Gasteiger partial charge in [0, 0.05) is 25.2 Å². The molecule has 0 aromatic carbocycles. The van der Waals surface area contributed by atoms with Gasteiger partial charge in [0.25, 0.3) is 0 Å². The first kappa shape index (κ1) is 13.9. The molecular formula is C13H28N2O. The number of nitrogens with one attached hydrogen (secondary N) is 1. The van der Waals surface area contributed by atoms with Crippen molar-refractivity contribution in [1.29, 1.82) is 0 Å². The number of hydrogen-bond donors (Lipinski definition) is 1. The van der Waals surface area contributed by atoms with Crippen molar-refractivity contribution in [2.24, 2.45) is 0 Å². The van der Waals surface area contributed by atoms with Gasteiger partial charge in [0.05, 0.1) is 6.10 Å². The Labute approximate surface area is 101 Å². The monoisotopic (exact) mass is 228 g/mol. The Morgan fingerprint density at radius 3 is 2.69 bits per heavy atom. The van der Waals surface area contributed by atoms with Crippen molar-refractivity contribution in [1.82, 2.24) is 10.2 Å². The molecule has 0 radical (unpaired) electrons. The zero-order chi connectivity index (χ0) is 12.0. The van der Waals surface area contributed by atoms with Crippen LogP contribution in [0.5, 0.6) is 0 Å². The Morgan fingerprint density at radius 1 is 1.44 bits per heavy atom. The minimum Gasteiger partial charge on any atom is -0.377 e. The van der Waals surface area contributed by atoms with E-state index >= 15 is 0 Å². The second-order valence-electron chi connectivity index (χ2n) is 4.89. The van der Waals surface area contributed by atoms with Gasteiger partial charge in [-0.1, -0.05) is 13.8 Å². The Bertz CT molecular complexity index is 181. The number of nitrogens with zero attached hydrogens (tertiary/aromatic N) is 1. The smallest absolute Gasteiger partial charge is 0.0702 e. The van der Waals surface area contributed by atoms with Crippen molar-refractivity contribution in [3.8, 4) is 0 Å². The fourth-order valence-electron chi connectivity index (χ4n) is 2.50. The number of hydrogen-bond acceptors (Lipinski definition) is 3. The van der Waals surface area contributed by atoms with Crippen LogP contribution in [0.15, 0.2) is 0 Å². The summed E-state index contributed by atoms with van der Waals surface area (Å²) in [5.74, 6) is 0. The minimum atomic E-state index is 0.464. The van der Waals surface area contributed by atoms with E-state index in [1.165, 1.54) is 19.3 Å². The second-order valence-corrected chi connectivity index (χ2v) is 4.89. The van der Waals surface area contributed by atoms with Crippen LogP contribution >= 0.6 is 0 Å². The minimum absolute atomic E-state index is 0.464. The lowest BCUT2D eigenvalue weighted by Gasteiger charge is -2.33. The van der Waals surface area contributed by atoms with Gasteiger partial charge >= 0.3 is 0 Å². The molecule has 0 spiro atoms. The highest BCUT2D eigenvalue weighted by atomic mass is 16.5. The highest BCUT2D eigenvalue weighted by molar-refractivity contribution is 4.80. The molecule has 0 aliphatic carbocycles. The molecule has 0 bridgehead atoms. The van der Waals surface area contributed by atoms with Crippen LogP contribution in [-0.4, -0.2) is 49.8 Å². The van der Waals surface area contributed by atoms with E-state index in [9.17, 15) is 0 Å². The van der Waals surface area contributed by atoms with E-state index in [1.807, 2.05) is 0 Å². The lowest BCUT2D eigenvalue weighted by Crippen LogP contribution is -2.48. The number of ether oxygens (including phenoxy) is 1. The van der Waals surface area contributed by atoms with Gasteiger partial charge < -0.3 is 10.1 Å². The molecule has 1 heterocycles. The van der Waals surface area contributed by atoms with Gasteiger partial charge in [0.1, 0.15) is 0 Å². The lowest BCUT2D eigenvalue weighted by atomic mass is 10.1. The normalized spacial score (nSPS) is 24.9. The zero-order valence-corrected chi connectivity index (χ0v) is 11.3. The maximum Gasteiger partial charge on any atom is 0.0702 e. The number of rotatable bonds is 7. The molecular weight excluding hydrogens is 200 g/mol. The summed E-state index contributed by atoms with van der Waals surface area (Å²) in [5.41, 5.74) is 0. The molecule has 96 valence electrons. The maximum absolute atomic E-state index is 5.69. The van der Waals surface area contributed by atoms with Crippen LogP contribution in [0, 0.1) is 0 Å². The standard InChI is InChI=1S/C13H28N2O/c1-5-13(14-6-2)11(3)15(4)10-12-8-7-9-16-12/h11-14H,5-10H2,1-4H3. The third-order valence-electron chi connectivity index (χ3n) is 3.70. The zero-order valence-electron chi connectivity index (χ0n) is 11.3. The SMILES string of the molecule is CCNC(CC)C(C)N(C)CC1CCCO1. The Morgan fingerprint density at radius 2 is 2.19 bits per heavy atom. The fraction of sp³-hybridized carbons (Fsp3) is 1.00. The van der Waals surface area contributed by atoms with E-state index in [0.717, 1.165) is 19.7 Å². The predicted octanol–water partition coefficient (Wildman–Crippen LogP) is 1.87. The third kappa shape index (κ3) is 4.04. The summed E-state index contributed by atoms with van der Waals surface area (Å²) < 4.78 is 5.69. The summed E-state index contributed by atoms with van der Waals surface area (Å²) in [7, 11) is 2.21. The van der Waals surface area contributed by atoms with Crippen molar-refractivity contribution in [3.05, 3.63) is 0 Å². The highest BCUT2D eigenvalue weighted by Gasteiger charge is 2.23. The maximum atomic E-state index is 5.69. The van der Waals surface area contributed by atoms with Crippen LogP contribution in [-0.2, 0) is 4.74 Å². The van der Waals surface area contributed by atoms with Crippen LogP contribution in [0.1, 0.15) is 40.0 Å². The first-order valence-electron chi connectivity index (χ1n) is 6.74. The molecule has 1 saturated heterocycles. The molecule has 0 amide bonds. The molecule has 3 heteroatoms. The molecule has 0 saturated carbocycles. The highest BCUT2D eigenvalue weighted by Crippen LogP contribution is 2.15. The average Bonchev–Trinajstić information content (AvgIpc) is 2.77. The molecule has 1 aliphatic heterocycles. The van der Waals surface area contributed by atoms with Crippen molar-refractivity contribution in [3.63, 3.8) is 0 Å². The molecule has 3 unspecified atom stereocenters. The molecule has 1 N–H and O–H groups in total. The van der Waals surface area contributed by atoms with E-state index < -0.39 is 0 Å². The Balaban J connectivity index is 2.34. The summed E-state index contributed by atoms with van der Waals surface area (Å²) in [6.45, 7) is 9.82. The van der Waals surface area contributed by atoms with E-state index in [4.69, 9.17) is 4.74 Å². The fourth-order valence-corrected chi connectivity index (χ4v) is 2.50. The molecule has 0 aromatic heterocycles. The van der Waals surface area contributed by atoms with Gasteiger partial charge in [-0.3, -0.25) is 4.90 Å². The first-order chi connectivity index (χ1) is 7.69. The molecule has 1 aliphatic rings. The number of likely N-dealkylation sites (N-methyl/N-ethyl adjacent to an activating group) is 2. The van der Waals surface area contributed by atoms with E-state index in [0.29, 0.717) is 18.2 Å². The van der Waals surface area contributed by atoms with Gasteiger partial charge in [0.15, 0.2) is 0 Å². The van der Waals surface area contributed by atoms with Crippen molar-refractivity contribution < 1.29 is 4.74 Å². The second kappa shape index (κ2) is 7.25.